The van der Waals surface area contributed by atoms with Gasteiger partial charge in [-0.05, 0) is 42.3 Å². The van der Waals surface area contributed by atoms with Crippen LogP contribution in [0, 0.1) is 5.82 Å². The summed E-state index contributed by atoms with van der Waals surface area (Å²) in [6.07, 6.45) is 5.53. The van der Waals surface area contributed by atoms with Crippen LogP contribution < -0.4 is 10.0 Å². The van der Waals surface area contributed by atoms with E-state index in [0.717, 1.165) is 24.3 Å². The van der Waals surface area contributed by atoms with Gasteiger partial charge in [-0.3, -0.25) is 9.71 Å². The number of nitrogens with zero attached hydrogens (tertiary/aromatic N) is 3. The Morgan fingerprint density at radius 1 is 1.06 bits per heavy atom. The predicted octanol–water partition coefficient (Wildman–Crippen LogP) is 4.58. The molecule has 180 valence electrons. The summed E-state index contributed by atoms with van der Waals surface area (Å²) in [4.78, 5) is 4.08. The maximum Gasteiger partial charge on any atom is 0.232 e. The molecule has 0 spiro atoms. The number of hydrogen-bond donors (Lipinski definition) is 2. The van der Waals surface area contributed by atoms with Crippen molar-refractivity contribution in [2.45, 2.75) is 19.3 Å². The van der Waals surface area contributed by atoms with Crippen molar-refractivity contribution in [2.75, 3.05) is 23.6 Å². The highest BCUT2D eigenvalue weighted by atomic mass is 32.2. The molecule has 0 atom stereocenters. The van der Waals surface area contributed by atoms with Crippen molar-refractivity contribution in [1.82, 2.24) is 20.1 Å². The third-order valence-corrected chi connectivity index (χ3v) is 7.58. The first kappa shape index (κ1) is 23.2. The number of nitrogens with one attached hydrogen (secondary N) is 2. The third kappa shape index (κ3) is 4.82. The molecule has 4 aromatic rings. The first-order chi connectivity index (χ1) is 16.9. The van der Waals surface area contributed by atoms with Crippen LogP contribution in [0.3, 0.4) is 0 Å². The number of benzene rings is 2. The number of sulfonamides is 1. The maximum absolute atomic E-state index is 15.6. The molecule has 0 radical (unpaired) electrons. The van der Waals surface area contributed by atoms with Crippen LogP contribution >= 0.6 is 0 Å². The monoisotopic (exact) mass is 491 g/mol. The van der Waals surface area contributed by atoms with Gasteiger partial charge in [0, 0.05) is 54.3 Å². The topological polar surface area (TPSA) is 88.9 Å². The molecule has 1 saturated heterocycles. The molecule has 3 heterocycles. The van der Waals surface area contributed by atoms with Crippen LogP contribution in [0.15, 0.2) is 73.2 Å². The summed E-state index contributed by atoms with van der Waals surface area (Å²) in [6.45, 7) is 3.72. The van der Waals surface area contributed by atoms with Crippen molar-refractivity contribution in [3.63, 3.8) is 0 Å². The summed E-state index contributed by atoms with van der Waals surface area (Å²) in [7, 11) is -3.64. The number of hydrogen-bond acceptors (Lipinski definition) is 5. The highest BCUT2D eigenvalue weighted by molar-refractivity contribution is 7.92. The SMILES string of the molecule is CCCS(=O)(=O)Nc1cccc(-c2cn(-c3ccc(C4CNC4)cc3)nc2-c2ccncc2)c1F. The molecule has 5 rings (SSSR count). The van der Waals surface area contributed by atoms with Crippen molar-refractivity contribution < 1.29 is 12.8 Å². The van der Waals surface area contributed by atoms with Crippen LogP contribution in [-0.4, -0.2) is 42.0 Å². The van der Waals surface area contributed by atoms with Gasteiger partial charge in [0.15, 0.2) is 5.82 Å². The molecule has 35 heavy (non-hydrogen) atoms. The Morgan fingerprint density at radius 3 is 2.46 bits per heavy atom. The van der Waals surface area contributed by atoms with E-state index in [0.29, 0.717) is 23.6 Å². The summed E-state index contributed by atoms with van der Waals surface area (Å²) in [5.41, 5.74) is 4.21. The van der Waals surface area contributed by atoms with Crippen molar-refractivity contribution >= 4 is 15.7 Å². The van der Waals surface area contributed by atoms with Crippen molar-refractivity contribution in [3.8, 4) is 28.1 Å². The lowest BCUT2D eigenvalue weighted by Gasteiger charge is -2.27. The summed E-state index contributed by atoms with van der Waals surface area (Å²) in [5, 5.41) is 8.06. The van der Waals surface area contributed by atoms with Gasteiger partial charge in [0.25, 0.3) is 0 Å². The second kappa shape index (κ2) is 9.59. The van der Waals surface area contributed by atoms with E-state index in [2.05, 4.69) is 27.2 Å². The van der Waals surface area contributed by atoms with E-state index in [1.165, 1.54) is 11.6 Å². The Bertz CT molecular complexity index is 1430. The minimum absolute atomic E-state index is 0.0796. The van der Waals surface area contributed by atoms with Crippen LogP contribution in [0.4, 0.5) is 10.1 Å². The Labute approximate surface area is 204 Å². The smallest absolute Gasteiger partial charge is 0.232 e. The summed E-state index contributed by atoms with van der Waals surface area (Å²) in [5.74, 6) is -0.197. The first-order valence-corrected chi connectivity index (χ1v) is 13.2. The first-order valence-electron chi connectivity index (χ1n) is 11.6. The van der Waals surface area contributed by atoms with Gasteiger partial charge >= 0.3 is 0 Å². The molecule has 1 aliphatic rings. The highest BCUT2D eigenvalue weighted by Crippen LogP contribution is 2.36. The highest BCUT2D eigenvalue weighted by Gasteiger charge is 2.22. The third-order valence-electron chi connectivity index (χ3n) is 6.11. The van der Waals surface area contributed by atoms with E-state index < -0.39 is 15.8 Å². The second-order valence-electron chi connectivity index (χ2n) is 8.61. The molecule has 7 nitrogen and oxygen atoms in total. The number of pyridine rings is 1. The Balaban J connectivity index is 1.58. The molecule has 0 aliphatic carbocycles. The van der Waals surface area contributed by atoms with Gasteiger partial charge in [-0.25, -0.2) is 17.5 Å². The van der Waals surface area contributed by atoms with Crippen LogP contribution in [-0.2, 0) is 10.0 Å². The van der Waals surface area contributed by atoms with Gasteiger partial charge in [0.05, 0.1) is 17.1 Å². The average Bonchev–Trinajstić information content (AvgIpc) is 3.25. The van der Waals surface area contributed by atoms with E-state index in [-0.39, 0.29) is 17.0 Å². The Kier molecular flexibility index (Phi) is 6.36. The normalized spacial score (nSPS) is 14.0. The lowest BCUT2D eigenvalue weighted by atomic mass is 9.94. The van der Waals surface area contributed by atoms with E-state index in [1.54, 1.807) is 42.3 Å². The zero-order valence-electron chi connectivity index (χ0n) is 19.3. The molecule has 2 aromatic carbocycles. The van der Waals surface area contributed by atoms with Crippen molar-refractivity contribution in [1.29, 1.82) is 0 Å². The van der Waals surface area contributed by atoms with Crippen molar-refractivity contribution in [3.05, 3.63) is 84.6 Å². The molecule has 1 aliphatic heterocycles. The molecule has 2 N–H and O–H groups in total. The quantitative estimate of drug-likeness (QED) is 0.377. The largest absolute Gasteiger partial charge is 0.315 e. The van der Waals surface area contributed by atoms with Gasteiger partial charge in [-0.1, -0.05) is 31.2 Å². The summed E-state index contributed by atoms with van der Waals surface area (Å²) < 4.78 is 44.3. The fourth-order valence-electron chi connectivity index (χ4n) is 4.16. The molecular formula is C26H26FN5O2S. The zero-order chi connectivity index (χ0) is 24.4. The number of anilines is 1. The molecule has 9 heteroatoms. The maximum atomic E-state index is 15.6. The average molecular weight is 492 g/mol. The zero-order valence-corrected chi connectivity index (χ0v) is 20.1. The van der Waals surface area contributed by atoms with Crippen LogP contribution in [0.5, 0.6) is 0 Å². The molecule has 0 unspecified atom stereocenters. The van der Waals surface area contributed by atoms with Gasteiger partial charge < -0.3 is 5.32 Å². The molecule has 1 fully saturated rings. The lowest BCUT2D eigenvalue weighted by Crippen LogP contribution is -2.39. The summed E-state index contributed by atoms with van der Waals surface area (Å²) in [6, 6.07) is 16.5. The van der Waals surface area contributed by atoms with Crippen LogP contribution in [0.2, 0.25) is 0 Å². The van der Waals surface area contributed by atoms with Gasteiger partial charge in [0.1, 0.15) is 5.69 Å². The molecule has 0 amide bonds. The van der Waals surface area contributed by atoms with Crippen LogP contribution in [0.1, 0.15) is 24.8 Å². The fraction of sp³-hybridized carbons (Fsp3) is 0.231. The Hall–Kier alpha value is -3.56. The van der Waals surface area contributed by atoms with Gasteiger partial charge in [-0.15, -0.1) is 0 Å². The minimum atomic E-state index is -3.64. The minimum Gasteiger partial charge on any atom is -0.315 e. The van der Waals surface area contributed by atoms with Gasteiger partial charge in [0.2, 0.25) is 10.0 Å². The van der Waals surface area contributed by atoms with Crippen LogP contribution in [0.25, 0.3) is 28.1 Å². The number of halogens is 1. The van der Waals surface area contributed by atoms with E-state index in [9.17, 15) is 8.42 Å². The summed E-state index contributed by atoms with van der Waals surface area (Å²) >= 11 is 0. The van der Waals surface area contributed by atoms with Gasteiger partial charge in [-0.2, -0.15) is 5.10 Å². The molecule has 0 bridgehead atoms. The van der Waals surface area contributed by atoms with Crippen molar-refractivity contribution in [2.24, 2.45) is 0 Å². The lowest BCUT2D eigenvalue weighted by molar-refractivity contribution is 0.448. The van der Waals surface area contributed by atoms with E-state index in [4.69, 9.17) is 5.10 Å². The molecule has 0 saturated carbocycles. The van der Waals surface area contributed by atoms with E-state index >= 15 is 4.39 Å². The second-order valence-corrected chi connectivity index (χ2v) is 10.4. The predicted molar refractivity (Wildman–Crippen MR) is 136 cm³/mol. The standard InChI is InChI=1S/C26H26FN5O2S/c1-2-14-35(33,34)31-24-5-3-4-22(25(24)27)23-17-32(30-26(23)19-10-12-28-13-11-19)21-8-6-18(7-9-21)20-15-29-16-20/h3-13,17,20,29,31H,2,14-16H2,1H3. The number of rotatable bonds is 8. The fourth-order valence-corrected chi connectivity index (χ4v) is 5.29. The van der Waals surface area contributed by atoms with E-state index in [1.807, 2.05) is 24.3 Å². The molecular weight excluding hydrogens is 465 g/mol. The molecule has 2 aromatic heterocycles. The Morgan fingerprint density at radius 2 is 1.80 bits per heavy atom. The number of aromatic nitrogens is 3.